The number of hydrogen-bond acceptors (Lipinski definition) is 1. The van der Waals surface area contributed by atoms with Gasteiger partial charge >= 0.3 is 0 Å². The van der Waals surface area contributed by atoms with Crippen LogP contribution in [0.5, 0.6) is 0 Å². The maximum Gasteiger partial charge on any atom is 0.255 e. The average Bonchev–Trinajstić information content (AvgIpc) is 2.45. The van der Waals surface area contributed by atoms with Crippen molar-refractivity contribution in [3.63, 3.8) is 0 Å². The highest BCUT2D eigenvalue weighted by atomic mass is 127. The molecular formula is C16H19ClINO. The molecule has 1 saturated carbocycles. The van der Waals surface area contributed by atoms with Gasteiger partial charge in [-0.3, -0.25) is 4.79 Å². The Kier molecular flexibility index (Phi) is 5.90. The van der Waals surface area contributed by atoms with Crippen molar-refractivity contribution in [1.29, 1.82) is 0 Å². The van der Waals surface area contributed by atoms with Gasteiger partial charge in [0.05, 0.1) is 5.56 Å². The van der Waals surface area contributed by atoms with E-state index in [9.17, 15) is 4.79 Å². The van der Waals surface area contributed by atoms with Crippen LogP contribution in [0.4, 0.5) is 0 Å². The number of hydrogen-bond donors (Lipinski definition) is 0. The summed E-state index contributed by atoms with van der Waals surface area (Å²) in [5, 5.41) is 0.666. The van der Waals surface area contributed by atoms with Crippen LogP contribution in [0, 0.1) is 3.57 Å². The lowest BCUT2D eigenvalue weighted by atomic mass is 9.93. The number of benzene rings is 1. The zero-order chi connectivity index (χ0) is 14.5. The first-order chi connectivity index (χ1) is 9.63. The van der Waals surface area contributed by atoms with Gasteiger partial charge in [-0.15, -0.1) is 6.58 Å². The summed E-state index contributed by atoms with van der Waals surface area (Å²) < 4.78 is 0.907. The van der Waals surface area contributed by atoms with E-state index >= 15 is 0 Å². The van der Waals surface area contributed by atoms with Crippen LogP contribution in [-0.4, -0.2) is 23.4 Å². The molecule has 20 heavy (non-hydrogen) atoms. The van der Waals surface area contributed by atoms with Gasteiger partial charge in [-0.2, -0.15) is 0 Å². The quantitative estimate of drug-likeness (QED) is 0.517. The lowest BCUT2D eigenvalue weighted by Gasteiger charge is -2.34. The summed E-state index contributed by atoms with van der Waals surface area (Å²) in [6, 6.07) is 5.79. The van der Waals surface area contributed by atoms with Crippen LogP contribution in [0.2, 0.25) is 5.02 Å². The van der Waals surface area contributed by atoms with Gasteiger partial charge in [0.15, 0.2) is 0 Å². The molecule has 2 rings (SSSR count). The summed E-state index contributed by atoms with van der Waals surface area (Å²) in [6.07, 6.45) is 7.72. The molecule has 4 heteroatoms. The SMILES string of the molecule is C=CCN(C(=O)c1ccc(Cl)cc1I)C1CCCCC1. The molecule has 0 radical (unpaired) electrons. The third-order valence-electron chi connectivity index (χ3n) is 3.76. The van der Waals surface area contributed by atoms with E-state index in [1.807, 2.05) is 23.1 Å². The number of nitrogens with zero attached hydrogens (tertiary/aromatic N) is 1. The minimum absolute atomic E-state index is 0.0952. The first kappa shape index (κ1) is 15.8. The highest BCUT2D eigenvalue weighted by Gasteiger charge is 2.26. The Morgan fingerprint density at radius 3 is 2.70 bits per heavy atom. The maximum atomic E-state index is 12.8. The second-order valence-electron chi connectivity index (χ2n) is 5.16. The van der Waals surface area contributed by atoms with E-state index in [1.165, 1.54) is 19.3 Å². The Bertz CT molecular complexity index is 497. The lowest BCUT2D eigenvalue weighted by molar-refractivity contribution is 0.0662. The number of rotatable bonds is 4. The topological polar surface area (TPSA) is 20.3 Å². The van der Waals surface area contributed by atoms with Crippen LogP contribution < -0.4 is 0 Å². The third-order valence-corrected chi connectivity index (χ3v) is 4.89. The number of carbonyl (C=O) groups is 1. The molecule has 1 aromatic rings. The van der Waals surface area contributed by atoms with Gasteiger partial charge in [0.25, 0.3) is 5.91 Å². The molecule has 0 unspecified atom stereocenters. The van der Waals surface area contributed by atoms with Crippen molar-refractivity contribution in [2.75, 3.05) is 6.54 Å². The largest absolute Gasteiger partial charge is 0.332 e. The second-order valence-corrected chi connectivity index (χ2v) is 6.76. The van der Waals surface area contributed by atoms with Crippen LogP contribution in [0.25, 0.3) is 0 Å². The Morgan fingerprint density at radius 2 is 2.10 bits per heavy atom. The predicted molar refractivity (Wildman–Crippen MR) is 92.3 cm³/mol. The van der Waals surface area contributed by atoms with Crippen LogP contribution in [0.3, 0.4) is 0 Å². The van der Waals surface area contributed by atoms with Gasteiger partial charge in [0.2, 0.25) is 0 Å². The summed E-state index contributed by atoms with van der Waals surface area (Å²) in [7, 11) is 0. The van der Waals surface area contributed by atoms with Crippen molar-refractivity contribution >= 4 is 40.1 Å². The van der Waals surface area contributed by atoms with Gasteiger partial charge in [0.1, 0.15) is 0 Å². The Hall–Kier alpha value is -0.550. The van der Waals surface area contributed by atoms with Crippen molar-refractivity contribution in [2.45, 2.75) is 38.1 Å². The summed E-state index contributed by atoms with van der Waals surface area (Å²) in [5.74, 6) is 0.0952. The highest BCUT2D eigenvalue weighted by Crippen LogP contribution is 2.26. The van der Waals surface area contributed by atoms with Crippen molar-refractivity contribution in [3.8, 4) is 0 Å². The molecule has 0 N–H and O–H groups in total. The molecule has 1 amide bonds. The second kappa shape index (κ2) is 7.46. The summed E-state index contributed by atoms with van der Waals surface area (Å²) in [4.78, 5) is 14.8. The van der Waals surface area contributed by atoms with Crippen molar-refractivity contribution in [1.82, 2.24) is 4.90 Å². The standard InChI is InChI=1S/C16H19ClINO/c1-2-10-19(13-6-4-3-5-7-13)16(20)14-9-8-12(17)11-15(14)18/h2,8-9,11,13H,1,3-7,10H2. The fourth-order valence-corrected chi connectivity index (χ4v) is 3.85. The van der Waals surface area contributed by atoms with Crippen LogP contribution in [0.1, 0.15) is 42.5 Å². The predicted octanol–water partition coefficient (Wildman–Crippen LogP) is 4.91. The van der Waals surface area contributed by atoms with Crippen LogP contribution in [0.15, 0.2) is 30.9 Å². The van der Waals surface area contributed by atoms with Gasteiger partial charge < -0.3 is 4.90 Å². The van der Waals surface area contributed by atoms with Gasteiger partial charge in [-0.25, -0.2) is 0 Å². The van der Waals surface area contributed by atoms with Gasteiger partial charge in [0, 0.05) is 21.2 Å². The van der Waals surface area contributed by atoms with E-state index in [4.69, 9.17) is 11.6 Å². The molecule has 1 fully saturated rings. The molecule has 0 saturated heterocycles. The molecule has 108 valence electrons. The van der Waals surface area contributed by atoms with E-state index in [1.54, 1.807) is 6.07 Å². The molecule has 0 atom stereocenters. The van der Waals surface area contributed by atoms with Crippen molar-refractivity contribution in [3.05, 3.63) is 45.0 Å². The van der Waals surface area contributed by atoms with E-state index < -0.39 is 0 Å². The molecule has 1 aliphatic rings. The first-order valence-electron chi connectivity index (χ1n) is 7.00. The highest BCUT2D eigenvalue weighted by molar-refractivity contribution is 14.1. The van der Waals surface area contributed by atoms with Gasteiger partial charge in [-0.1, -0.05) is 36.9 Å². The molecule has 0 aliphatic heterocycles. The monoisotopic (exact) mass is 403 g/mol. The van der Waals surface area contributed by atoms with E-state index in [-0.39, 0.29) is 5.91 Å². The first-order valence-corrected chi connectivity index (χ1v) is 8.46. The molecule has 1 aromatic carbocycles. The Morgan fingerprint density at radius 1 is 1.40 bits per heavy atom. The zero-order valence-electron chi connectivity index (χ0n) is 11.4. The number of halogens is 2. The summed E-state index contributed by atoms with van der Waals surface area (Å²) in [6.45, 7) is 4.40. The smallest absolute Gasteiger partial charge is 0.255 e. The molecule has 0 bridgehead atoms. The molecule has 1 aliphatic carbocycles. The molecular weight excluding hydrogens is 385 g/mol. The normalized spacial score (nSPS) is 15.9. The molecule has 0 aromatic heterocycles. The molecule has 0 heterocycles. The maximum absolute atomic E-state index is 12.8. The zero-order valence-corrected chi connectivity index (χ0v) is 14.4. The van der Waals surface area contributed by atoms with E-state index in [2.05, 4.69) is 29.2 Å². The van der Waals surface area contributed by atoms with Crippen molar-refractivity contribution in [2.24, 2.45) is 0 Å². The Balaban J connectivity index is 2.23. The summed E-state index contributed by atoms with van der Waals surface area (Å²) in [5.41, 5.74) is 0.738. The fraction of sp³-hybridized carbons (Fsp3) is 0.438. The van der Waals surface area contributed by atoms with E-state index in [0.717, 1.165) is 22.0 Å². The Labute approximate surface area is 139 Å². The molecule has 0 spiro atoms. The average molecular weight is 404 g/mol. The minimum Gasteiger partial charge on any atom is -0.332 e. The third kappa shape index (κ3) is 3.76. The summed E-state index contributed by atoms with van der Waals surface area (Å²) >= 11 is 8.14. The van der Waals surface area contributed by atoms with Crippen LogP contribution in [-0.2, 0) is 0 Å². The minimum atomic E-state index is 0.0952. The lowest BCUT2D eigenvalue weighted by Crippen LogP contribution is -2.41. The number of amides is 1. The molecule has 2 nitrogen and oxygen atoms in total. The fourth-order valence-electron chi connectivity index (χ4n) is 2.75. The van der Waals surface area contributed by atoms with Gasteiger partial charge in [-0.05, 0) is 53.6 Å². The van der Waals surface area contributed by atoms with Crippen LogP contribution >= 0.6 is 34.2 Å². The van der Waals surface area contributed by atoms with Crippen molar-refractivity contribution < 1.29 is 4.79 Å². The number of carbonyl (C=O) groups excluding carboxylic acids is 1. The van der Waals surface area contributed by atoms with E-state index in [0.29, 0.717) is 17.6 Å².